The van der Waals surface area contributed by atoms with Crippen LogP contribution in [0.4, 0.5) is 5.69 Å². The second-order valence-corrected chi connectivity index (χ2v) is 8.24. The van der Waals surface area contributed by atoms with E-state index in [1.54, 1.807) is 35.8 Å². The molecule has 0 unspecified atom stereocenters. The van der Waals surface area contributed by atoms with Gasteiger partial charge in [-0.2, -0.15) is 0 Å². The number of imidazole rings is 1. The fourth-order valence-corrected chi connectivity index (χ4v) is 4.67. The first-order valence-electron chi connectivity index (χ1n) is 9.22. The lowest BCUT2D eigenvalue weighted by Gasteiger charge is -2.13. The van der Waals surface area contributed by atoms with Gasteiger partial charge in [-0.1, -0.05) is 25.1 Å². The first-order valence-corrected chi connectivity index (χ1v) is 10.7. The summed E-state index contributed by atoms with van der Waals surface area (Å²) in [7, 11) is -3.89. The van der Waals surface area contributed by atoms with E-state index in [9.17, 15) is 18.0 Å². The zero-order valence-electron chi connectivity index (χ0n) is 16.1. The molecule has 0 spiro atoms. The van der Waals surface area contributed by atoms with Crippen molar-refractivity contribution >= 4 is 32.5 Å². The van der Waals surface area contributed by atoms with E-state index >= 15 is 0 Å². The van der Waals surface area contributed by atoms with Crippen molar-refractivity contribution in [1.82, 2.24) is 9.13 Å². The maximum Gasteiger partial charge on any atom is 0.329 e. The number of amides is 1. The summed E-state index contributed by atoms with van der Waals surface area (Å²) < 4.78 is 29.7. The minimum Gasteiger partial charge on any atom is -0.325 e. The molecule has 7 nitrogen and oxygen atoms in total. The van der Waals surface area contributed by atoms with Gasteiger partial charge in [0.2, 0.25) is 15.7 Å². The summed E-state index contributed by atoms with van der Waals surface area (Å²) in [6.07, 6.45) is 0.208. The van der Waals surface area contributed by atoms with Gasteiger partial charge in [-0.15, -0.1) is 0 Å². The van der Waals surface area contributed by atoms with Gasteiger partial charge in [-0.25, -0.2) is 13.2 Å². The summed E-state index contributed by atoms with van der Waals surface area (Å²) in [5.41, 5.74) is 1.09. The van der Waals surface area contributed by atoms with Crippen LogP contribution in [-0.4, -0.2) is 23.5 Å². The van der Waals surface area contributed by atoms with Crippen molar-refractivity contribution in [3.63, 3.8) is 0 Å². The van der Waals surface area contributed by atoms with Gasteiger partial charge >= 0.3 is 5.69 Å². The molecule has 2 aromatic carbocycles. The summed E-state index contributed by atoms with van der Waals surface area (Å²) in [6.45, 7) is 6.22. The average molecular weight is 401 g/mol. The standard InChI is InChI=1S/C20H23N3O4S/c1-4-19(24)21-15-12-16-17(23(6-3)20(25)22(16)5-2)13-18(15)28(26,27)14-10-8-7-9-11-14/h7-13H,4-6H2,1-3H3,(H,21,24). The Morgan fingerprint density at radius 3 is 2.07 bits per heavy atom. The van der Waals surface area contributed by atoms with Crippen LogP contribution in [0.5, 0.6) is 0 Å². The van der Waals surface area contributed by atoms with Gasteiger partial charge in [0.05, 0.1) is 26.5 Å². The van der Waals surface area contributed by atoms with Crippen molar-refractivity contribution in [2.45, 2.75) is 50.1 Å². The van der Waals surface area contributed by atoms with E-state index in [0.29, 0.717) is 24.1 Å². The Morgan fingerprint density at radius 1 is 0.964 bits per heavy atom. The highest BCUT2D eigenvalue weighted by molar-refractivity contribution is 7.91. The number of rotatable bonds is 6. The predicted octanol–water partition coefficient (Wildman–Crippen LogP) is 3.02. The number of aromatic nitrogens is 2. The van der Waals surface area contributed by atoms with Gasteiger partial charge in [-0.05, 0) is 38.1 Å². The molecule has 0 saturated heterocycles. The highest BCUT2D eigenvalue weighted by Crippen LogP contribution is 2.32. The molecule has 0 saturated carbocycles. The Bertz CT molecular complexity index is 1190. The minimum absolute atomic E-state index is 0.0246. The molecule has 1 aromatic heterocycles. The molecule has 0 bridgehead atoms. The number of hydrogen-bond donors (Lipinski definition) is 1. The Balaban J connectivity index is 2.38. The number of nitrogens with zero attached hydrogens (tertiary/aromatic N) is 2. The van der Waals surface area contributed by atoms with E-state index in [0.717, 1.165) is 0 Å². The van der Waals surface area contributed by atoms with Gasteiger partial charge < -0.3 is 5.32 Å². The largest absolute Gasteiger partial charge is 0.329 e. The van der Waals surface area contributed by atoms with Gasteiger partial charge in [0.15, 0.2) is 0 Å². The lowest BCUT2D eigenvalue weighted by molar-refractivity contribution is -0.115. The van der Waals surface area contributed by atoms with Crippen LogP contribution in [0.1, 0.15) is 27.2 Å². The van der Waals surface area contributed by atoms with E-state index < -0.39 is 9.84 Å². The summed E-state index contributed by atoms with van der Waals surface area (Å²) in [5.74, 6) is -0.302. The summed E-state index contributed by atoms with van der Waals surface area (Å²) in [6, 6.07) is 11.1. The zero-order chi connectivity index (χ0) is 20.5. The van der Waals surface area contributed by atoms with Crippen LogP contribution < -0.4 is 11.0 Å². The molecular weight excluding hydrogens is 378 g/mol. The highest BCUT2D eigenvalue weighted by atomic mass is 32.2. The number of carbonyl (C=O) groups excluding carboxylic acids is 1. The maximum absolute atomic E-state index is 13.3. The lowest BCUT2D eigenvalue weighted by atomic mass is 10.2. The number of benzene rings is 2. The number of nitrogens with one attached hydrogen (secondary N) is 1. The molecule has 0 fully saturated rings. The number of sulfone groups is 1. The van der Waals surface area contributed by atoms with Gasteiger partial charge in [0.1, 0.15) is 0 Å². The van der Waals surface area contributed by atoms with Crippen LogP contribution in [-0.2, 0) is 27.7 Å². The van der Waals surface area contributed by atoms with Crippen LogP contribution >= 0.6 is 0 Å². The lowest BCUT2D eigenvalue weighted by Crippen LogP contribution is -2.23. The van der Waals surface area contributed by atoms with Crippen LogP contribution in [0.2, 0.25) is 0 Å². The molecule has 0 aliphatic heterocycles. The molecule has 0 aliphatic carbocycles. The Morgan fingerprint density at radius 2 is 1.54 bits per heavy atom. The normalized spacial score (nSPS) is 11.7. The second kappa shape index (κ2) is 7.63. The Hall–Kier alpha value is -2.87. The topological polar surface area (TPSA) is 90.2 Å². The van der Waals surface area contributed by atoms with Crippen molar-refractivity contribution in [1.29, 1.82) is 0 Å². The van der Waals surface area contributed by atoms with Crippen molar-refractivity contribution in [2.24, 2.45) is 0 Å². The van der Waals surface area contributed by atoms with Crippen molar-refractivity contribution in [2.75, 3.05) is 5.32 Å². The molecular formula is C20H23N3O4S. The summed E-state index contributed by atoms with van der Waals surface area (Å²) in [4.78, 5) is 24.8. The van der Waals surface area contributed by atoms with Gasteiger partial charge in [0.25, 0.3) is 0 Å². The second-order valence-electron chi connectivity index (χ2n) is 6.33. The van der Waals surface area contributed by atoms with Crippen LogP contribution in [0.3, 0.4) is 0 Å². The van der Waals surface area contributed by atoms with Crippen LogP contribution in [0.15, 0.2) is 57.1 Å². The molecule has 148 valence electrons. The smallest absolute Gasteiger partial charge is 0.325 e. The van der Waals surface area contributed by atoms with Gasteiger partial charge in [0, 0.05) is 19.5 Å². The van der Waals surface area contributed by atoms with Crippen molar-refractivity contribution in [3.8, 4) is 0 Å². The van der Waals surface area contributed by atoms with E-state index in [2.05, 4.69) is 5.32 Å². The van der Waals surface area contributed by atoms with Crippen molar-refractivity contribution < 1.29 is 13.2 Å². The van der Waals surface area contributed by atoms with E-state index in [1.807, 2.05) is 13.8 Å². The average Bonchev–Trinajstić information content (AvgIpc) is 2.97. The van der Waals surface area contributed by atoms with Crippen molar-refractivity contribution in [3.05, 3.63) is 52.9 Å². The maximum atomic E-state index is 13.3. The first-order chi connectivity index (χ1) is 13.3. The first kappa shape index (κ1) is 19.9. The zero-order valence-corrected chi connectivity index (χ0v) is 16.9. The molecule has 28 heavy (non-hydrogen) atoms. The number of carbonyl (C=O) groups is 1. The van der Waals surface area contributed by atoms with Gasteiger partial charge in [-0.3, -0.25) is 13.9 Å². The molecule has 1 N–H and O–H groups in total. The summed E-state index contributed by atoms with van der Waals surface area (Å²) in [5, 5.41) is 2.68. The van der Waals surface area contributed by atoms with E-state index in [1.165, 1.54) is 22.8 Å². The number of fused-ring (bicyclic) bond motifs is 1. The van der Waals surface area contributed by atoms with E-state index in [4.69, 9.17) is 0 Å². The Kier molecular flexibility index (Phi) is 5.42. The molecule has 1 amide bonds. The molecule has 3 rings (SSSR count). The monoisotopic (exact) mass is 401 g/mol. The third kappa shape index (κ3) is 3.24. The molecule has 0 radical (unpaired) electrons. The Labute approximate surface area is 163 Å². The summed E-state index contributed by atoms with van der Waals surface area (Å²) >= 11 is 0. The minimum atomic E-state index is -3.89. The van der Waals surface area contributed by atoms with E-state index in [-0.39, 0.29) is 33.5 Å². The molecule has 0 atom stereocenters. The quantitative estimate of drug-likeness (QED) is 0.687. The van der Waals surface area contributed by atoms with Crippen LogP contribution in [0.25, 0.3) is 11.0 Å². The third-order valence-electron chi connectivity index (χ3n) is 4.69. The molecule has 3 aromatic rings. The fourth-order valence-electron chi connectivity index (χ4n) is 3.24. The third-order valence-corrected chi connectivity index (χ3v) is 6.50. The number of hydrogen-bond acceptors (Lipinski definition) is 4. The van der Waals surface area contributed by atoms with Crippen LogP contribution in [0, 0.1) is 0 Å². The SMILES string of the molecule is CCC(=O)Nc1cc2c(cc1S(=O)(=O)c1ccccc1)n(CC)c(=O)n2CC. The molecule has 1 heterocycles. The number of aryl methyl sites for hydroxylation is 2. The highest BCUT2D eigenvalue weighted by Gasteiger charge is 2.25. The number of anilines is 1. The predicted molar refractivity (Wildman–Crippen MR) is 108 cm³/mol. The molecule has 8 heteroatoms. The molecule has 0 aliphatic rings. The fraction of sp³-hybridized carbons (Fsp3) is 0.300.